The van der Waals surface area contributed by atoms with Gasteiger partial charge in [-0.2, -0.15) is 13.2 Å². The minimum atomic E-state index is -4.34. The number of hydrogen-bond acceptors (Lipinski definition) is 3. The van der Waals surface area contributed by atoms with Crippen LogP contribution in [0.5, 0.6) is 5.75 Å². The van der Waals surface area contributed by atoms with Crippen LogP contribution >= 0.6 is 0 Å². The summed E-state index contributed by atoms with van der Waals surface area (Å²) in [4.78, 5) is 16.2. The number of aromatic nitrogens is 2. The van der Waals surface area contributed by atoms with Crippen molar-refractivity contribution in [2.45, 2.75) is 51.3 Å². The van der Waals surface area contributed by atoms with Gasteiger partial charge in [-0.05, 0) is 62.4 Å². The van der Waals surface area contributed by atoms with Crippen molar-refractivity contribution in [3.8, 4) is 5.75 Å². The van der Waals surface area contributed by atoms with Crippen molar-refractivity contribution in [1.82, 2.24) is 9.55 Å². The Balaban J connectivity index is 1.47. The third-order valence-corrected chi connectivity index (χ3v) is 6.14. The van der Waals surface area contributed by atoms with Gasteiger partial charge in [-0.25, -0.2) is 4.98 Å². The highest BCUT2D eigenvalue weighted by Crippen LogP contribution is 2.31. The SMILES string of the molecule is CC(=O)C1CCC(Oc2ccc3c(c2)nc(Cc2ccc(C(F)(F)F)cc2)n3C)CC1. The maximum atomic E-state index is 12.8. The van der Waals surface area contributed by atoms with Crippen LogP contribution < -0.4 is 4.74 Å². The summed E-state index contributed by atoms with van der Waals surface area (Å²) in [5.74, 6) is 1.94. The van der Waals surface area contributed by atoms with Crippen LogP contribution in [0.1, 0.15) is 49.6 Å². The standard InChI is InChI=1S/C24H25F3N2O2/c1-15(30)17-5-9-19(10-6-17)31-20-11-12-22-21(14-20)28-23(29(22)2)13-16-3-7-18(8-4-16)24(25,26)27/h3-4,7-8,11-12,14,17,19H,5-6,9-10,13H2,1-2H3. The number of hydrogen-bond donors (Lipinski definition) is 0. The van der Waals surface area contributed by atoms with Gasteiger partial charge in [0.2, 0.25) is 0 Å². The van der Waals surface area contributed by atoms with Gasteiger partial charge < -0.3 is 9.30 Å². The van der Waals surface area contributed by atoms with Crippen molar-refractivity contribution in [2.75, 3.05) is 0 Å². The molecule has 31 heavy (non-hydrogen) atoms. The quantitative estimate of drug-likeness (QED) is 0.521. The van der Waals surface area contributed by atoms with Crippen LogP contribution in [0, 0.1) is 5.92 Å². The Morgan fingerprint density at radius 2 is 1.77 bits per heavy atom. The fraction of sp³-hybridized carbons (Fsp3) is 0.417. The van der Waals surface area contributed by atoms with Crippen LogP contribution in [-0.2, 0) is 24.4 Å². The highest BCUT2D eigenvalue weighted by Gasteiger charge is 2.30. The Kier molecular flexibility index (Phi) is 5.77. The number of Topliss-reactive ketones (excluding diaryl/α,β-unsaturated/α-hetero) is 1. The largest absolute Gasteiger partial charge is 0.490 e. The Morgan fingerprint density at radius 1 is 1.10 bits per heavy atom. The molecule has 164 valence electrons. The van der Waals surface area contributed by atoms with E-state index in [0.29, 0.717) is 6.42 Å². The molecule has 2 aromatic carbocycles. The number of carbonyl (C=O) groups excluding carboxylic acids is 1. The molecular formula is C24H25F3N2O2. The number of imidazole rings is 1. The van der Waals surface area contributed by atoms with E-state index in [1.54, 1.807) is 6.92 Å². The minimum absolute atomic E-state index is 0.100. The molecule has 3 aromatic rings. The van der Waals surface area contributed by atoms with E-state index in [0.717, 1.165) is 66.0 Å². The zero-order valence-electron chi connectivity index (χ0n) is 17.6. The molecule has 1 fully saturated rings. The summed E-state index contributed by atoms with van der Waals surface area (Å²) in [6, 6.07) is 11.0. The molecule has 0 N–H and O–H groups in total. The molecule has 7 heteroatoms. The maximum Gasteiger partial charge on any atom is 0.416 e. The molecule has 0 aliphatic heterocycles. The fourth-order valence-electron chi connectivity index (χ4n) is 4.23. The van der Waals surface area contributed by atoms with Crippen molar-refractivity contribution >= 4 is 16.8 Å². The number of aryl methyl sites for hydroxylation is 1. The van der Waals surface area contributed by atoms with Crippen molar-refractivity contribution in [1.29, 1.82) is 0 Å². The summed E-state index contributed by atoms with van der Waals surface area (Å²) in [5.41, 5.74) is 1.85. The van der Waals surface area contributed by atoms with Gasteiger partial charge in [0.15, 0.2) is 0 Å². The van der Waals surface area contributed by atoms with Crippen molar-refractivity contribution in [3.05, 3.63) is 59.4 Å². The van der Waals surface area contributed by atoms with E-state index < -0.39 is 11.7 Å². The summed E-state index contributed by atoms with van der Waals surface area (Å²) < 4.78 is 46.4. The Hall–Kier alpha value is -2.83. The molecule has 0 unspecified atom stereocenters. The summed E-state index contributed by atoms with van der Waals surface area (Å²) in [6.45, 7) is 1.66. The molecule has 0 atom stereocenters. The predicted molar refractivity (Wildman–Crippen MR) is 112 cm³/mol. The zero-order chi connectivity index (χ0) is 22.2. The third-order valence-electron chi connectivity index (χ3n) is 6.14. The lowest BCUT2D eigenvalue weighted by atomic mass is 9.85. The smallest absolute Gasteiger partial charge is 0.416 e. The van der Waals surface area contributed by atoms with Gasteiger partial charge in [-0.15, -0.1) is 0 Å². The number of ether oxygens (including phenoxy) is 1. The average molecular weight is 430 g/mol. The summed E-state index contributed by atoms with van der Waals surface area (Å²) in [6.07, 6.45) is -0.338. The van der Waals surface area contributed by atoms with Gasteiger partial charge in [-0.3, -0.25) is 4.79 Å². The average Bonchev–Trinajstić information content (AvgIpc) is 3.03. The van der Waals surface area contributed by atoms with E-state index in [4.69, 9.17) is 4.74 Å². The number of ketones is 1. The molecule has 0 bridgehead atoms. The molecular weight excluding hydrogens is 405 g/mol. The van der Waals surface area contributed by atoms with Gasteiger partial charge >= 0.3 is 6.18 Å². The van der Waals surface area contributed by atoms with Crippen LogP contribution in [0.3, 0.4) is 0 Å². The number of alkyl halides is 3. The number of rotatable bonds is 5. The van der Waals surface area contributed by atoms with Crippen LogP contribution in [-0.4, -0.2) is 21.4 Å². The second-order valence-corrected chi connectivity index (χ2v) is 8.31. The number of nitrogens with zero attached hydrogens (tertiary/aromatic N) is 2. The fourth-order valence-corrected chi connectivity index (χ4v) is 4.23. The molecule has 1 saturated carbocycles. The first kappa shape index (κ1) is 21.4. The lowest BCUT2D eigenvalue weighted by Gasteiger charge is -2.27. The minimum Gasteiger partial charge on any atom is -0.490 e. The van der Waals surface area contributed by atoms with Crippen molar-refractivity contribution < 1.29 is 22.7 Å². The lowest BCUT2D eigenvalue weighted by Crippen LogP contribution is -2.26. The van der Waals surface area contributed by atoms with E-state index in [1.807, 2.05) is 29.8 Å². The van der Waals surface area contributed by atoms with E-state index >= 15 is 0 Å². The normalized spacial score (nSPS) is 19.5. The first-order valence-corrected chi connectivity index (χ1v) is 10.5. The summed E-state index contributed by atoms with van der Waals surface area (Å²) >= 11 is 0. The van der Waals surface area contributed by atoms with Gasteiger partial charge in [0.25, 0.3) is 0 Å². The van der Waals surface area contributed by atoms with Crippen LogP contribution in [0.2, 0.25) is 0 Å². The number of carbonyl (C=O) groups is 1. The zero-order valence-corrected chi connectivity index (χ0v) is 17.6. The summed E-state index contributed by atoms with van der Waals surface area (Å²) in [7, 11) is 1.90. The second-order valence-electron chi connectivity index (χ2n) is 8.31. The number of benzene rings is 2. The Bertz CT molecular complexity index is 1080. The molecule has 4 nitrogen and oxygen atoms in total. The van der Waals surface area contributed by atoms with Gasteiger partial charge in [0.05, 0.1) is 22.7 Å². The molecule has 4 rings (SSSR count). The lowest BCUT2D eigenvalue weighted by molar-refractivity contribution is -0.137. The molecule has 0 spiro atoms. The Labute approximate surface area is 179 Å². The van der Waals surface area contributed by atoms with E-state index in [1.165, 1.54) is 12.1 Å². The highest BCUT2D eigenvalue weighted by atomic mass is 19.4. The molecule has 1 heterocycles. The van der Waals surface area contributed by atoms with Crippen LogP contribution in [0.15, 0.2) is 42.5 Å². The monoisotopic (exact) mass is 430 g/mol. The molecule has 1 aliphatic rings. The van der Waals surface area contributed by atoms with Crippen molar-refractivity contribution in [2.24, 2.45) is 13.0 Å². The molecule has 0 saturated heterocycles. The first-order chi connectivity index (χ1) is 14.7. The first-order valence-electron chi connectivity index (χ1n) is 10.5. The highest BCUT2D eigenvalue weighted by molar-refractivity contribution is 5.78. The van der Waals surface area contributed by atoms with Crippen LogP contribution in [0.25, 0.3) is 11.0 Å². The molecule has 1 aromatic heterocycles. The second kappa shape index (κ2) is 8.36. The van der Waals surface area contributed by atoms with E-state index in [-0.39, 0.29) is 17.8 Å². The predicted octanol–water partition coefficient (Wildman–Crippen LogP) is 5.71. The van der Waals surface area contributed by atoms with Gasteiger partial charge in [0, 0.05) is 25.5 Å². The topological polar surface area (TPSA) is 44.1 Å². The van der Waals surface area contributed by atoms with Crippen molar-refractivity contribution in [3.63, 3.8) is 0 Å². The number of halogens is 3. The number of fused-ring (bicyclic) bond motifs is 1. The van der Waals surface area contributed by atoms with E-state index in [9.17, 15) is 18.0 Å². The van der Waals surface area contributed by atoms with Gasteiger partial charge in [0.1, 0.15) is 17.4 Å². The van der Waals surface area contributed by atoms with E-state index in [2.05, 4.69) is 4.98 Å². The molecule has 1 aliphatic carbocycles. The Morgan fingerprint density at radius 3 is 2.39 bits per heavy atom. The summed E-state index contributed by atoms with van der Waals surface area (Å²) in [5, 5.41) is 0. The molecule has 0 amide bonds. The van der Waals surface area contributed by atoms with Gasteiger partial charge in [-0.1, -0.05) is 12.1 Å². The third kappa shape index (κ3) is 4.75. The maximum absolute atomic E-state index is 12.8. The van der Waals surface area contributed by atoms with Crippen LogP contribution in [0.4, 0.5) is 13.2 Å². The molecule has 0 radical (unpaired) electrons.